The maximum atomic E-state index is 12.7. The quantitative estimate of drug-likeness (QED) is 0.722. The van der Waals surface area contributed by atoms with Gasteiger partial charge in [0.15, 0.2) is 6.10 Å². The van der Waals surface area contributed by atoms with Crippen molar-refractivity contribution in [2.45, 2.75) is 19.1 Å². The van der Waals surface area contributed by atoms with Crippen molar-refractivity contribution in [3.05, 3.63) is 47.5 Å². The van der Waals surface area contributed by atoms with Gasteiger partial charge in [-0.1, -0.05) is 12.1 Å². The van der Waals surface area contributed by atoms with Crippen molar-refractivity contribution in [1.82, 2.24) is 0 Å². The molecule has 0 aromatic heterocycles. The highest BCUT2D eigenvalue weighted by Gasteiger charge is 2.42. The van der Waals surface area contributed by atoms with Gasteiger partial charge in [-0.25, -0.2) is 0 Å². The lowest BCUT2D eigenvalue weighted by Crippen LogP contribution is -2.39. The van der Waals surface area contributed by atoms with Crippen LogP contribution in [-0.4, -0.2) is 33.2 Å². The number of ether oxygens (including phenoxy) is 2. The van der Waals surface area contributed by atoms with E-state index in [2.05, 4.69) is 0 Å². The third kappa shape index (κ3) is 2.71. The average molecular weight is 330 g/mol. The minimum Gasteiger partial charge on any atom is -0.508 e. The van der Waals surface area contributed by atoms with Crippen LogP contribution in [0, 0.1) is 0 Å². The van der Waals surface area contributed by atoms with E-state index in [-0.39, 0.29) is 22.8 Å². The van der Waals surface area contributed by atoms with E-state index >= 15 is 0 Å². The molecule has 2 atom stereocenters. The highest BCUT2D eigenvalue weighted by molar-refractivity contribution is 6.06. The summed E-state index contributed by atoms with van der Waals surface area (Å²) in [6.45, 7) is 1.16. The Bertz CT molecular complexity index is 810. The number of aromatic hydroxyl groups is 3. The second-order valence-electron chi connectivity index (χ2n) is 5.36. The van der Waals surface area contributed by atoms with Gasteiger partial charge < -0.3 is 24.8 Å². The van der Waals surface area contributed by atoms with Crippen LogP contribution in [0.4, 0.5) is 0 Å². The molecular weight excluding hydrogens is 316 g/mol. The third-order valence-corrected chi connectivity index (χ3v) is 3.61. The normalized spacial score (nSPS) is 19.3. The Morgan fingerprint density at radius 2 is 1.75 bits per heavy atom. The van der Waals surface area contributed by atoms with E-state index in [0.717, 1.165) is 13.0 Å². The summed E-state index contributed by atoms with van der Waals surface area (Å²) in [5, 5.41) is 28.9. The van der Waals surface area contributed by atoms with Crippen molar-refractivity contribution < 1.29 is 34.4 Å². The Balaban J connectivity index is 2.11. The molecule has 0 fully saturated rings. The van der Waals surface area contributed by atoms with Gasteiger partial charge in [-0.2, -0.15) is 0 Å². The zero-order valence-electron chi connectivity index (χ0n) is 12.6. The van der Waals surface area contributed by atoms with Gasteiger partial charge in [0.05, 0.1) is 0 Å². The van der Waals surface area contributed by atoms with Crippen molar-refractivity contribution >= 4 is 11.8 Å². The number of esters is 1. The number of carbonyl (C=O) groups excluding carboxylic acids is 2. The Morgan fingerprint density at radius 1 is 1.08 bits per heavy atom. The lowest BCUT2D eigenvalue weighted by atomic mass is 9.92. The van der Waals surface area contributed by atoms with Gasteiger partial charge in [-0.05, 0) is 17.7 Å². The van der Waals surface area contributed by atoms with E-state index < -0.39 is 29.7 Å². The largest absolute Gasteiger partial charge is 0.508 e. The predicted molar refractivity (Wildman–Crippen MR) is 81.1 cm³/mol. The van der Waals surface area contributed by atoms with Gasteiger partial charge in [0.25, 0.3) is 0 Å². The molecule has 1 heterocycles. The first-order chi connectivity index (χ1) is 11.4. The van der Waals surface area contributed by atoms with Crippen LogP contribution < -0.4 is 4.74 Å². The number of carbonyl (C=O) groups is 2. The highest BCUT2D eigenvalue weighted by atomic mass is 16.6. The summed E-state index contributed by atoms with van der Waals surface area (Å²) in [6.07, 6.45) is -2.27. The number of rotatable bonds is 2. The first kappa shape index (κ1) is 15.7. The lowest BCUT2D eigenvalue weighted by Gasteiger charge is -2.32. The fraction of sp³-hybridized carbons (Fsp3) is 0.176. The summed E-state index contributed by atoms with van der Waals surface area (Å²) in [6, 6.07) is 8.07. The van der Waals surface area contributed by atoms with Gasteiger partial charge in [-0.3, -0.25) is 9.59 Å². The number of phenolic OH excluding ortho intramolecular Hbond substituents is 3. The zero-order valence-corrected chi connectivity index (χ0v) is 12.6. The van der Waals surface area contributed by atoms with E-state index in [1.54, 1.807) is 0 Å². The zero-order chi connectivity index (χ0) is 17.4. The molecule has 0 amide bonds. The molecule has 0 bridgehead atoms. The van der Waals surface area contributed by atoms with Crippen LogP contribution in [0.5, 0.6) is 23.0 Å². The van der Waals surface area contributed by atoms with Crippen LogP contribution >= 0.6 is 0 Å². The molecule has 0 radical (unpaired) electrons. The van der Waals surface area contributed by atoms with Gasteiger partial charge in [0.2, 0.25) is 11.9 Å². The summed E-state index contributed by atoms with van der Waals surface area (Å²) in [4.78, 5) is 24.1. The SMILES string of the molecule is CC(=O)O[C@H]1C(=O)c2c(O)cc(O)cc2OC1c1ccc(O)cc1. The van der Waals surface area contributed by atoms with Crippen LogP contribution in [0.25, 0.3) is 0 Å². The number of benzene rings is 2. The van der Waals surface area contributed by atoms with Crippen molar-refractivity contribution in [3.8, 4) is 23.0 Å². The van der Waals surface area contributed by atoms with Crippen molar-refractivity contribution in [2.24, 2.45) is 0 Å². The van der Waals surface area contributed by atoms with E-state index in [1.807, 2.05) is 0 Å². The van der Waals surface area contributed by atoms with E-state index in [0.29, 0.717) is 5.56 Å². The molecule has 124 valence electrons. The van der Waals surface area contributed by atoms with Gasteiger partial charge in [0, 0.05) is 19.1 Å². The number of hydrogen-bond acceptors (Lipinski definition) is 7. The molecule has 3 N–H and O–H groups in total. The number of fused-ring (bicyclic) bond motifs is 1. The molecule has 1 aliphatic rings. The summed E-state index contributed by atoms with van der Waals surface area (Å²) in [5.74, 6) is -2.03. The Morgan fingerprint density at radius 3 is 2.38 bits per heavy atom. The Hall–Kier alpha value is -3.22. The van der Waals surface area contributed by atoms with Crippen molar-refractivity contribution in [2.75, 3.05) is 0 Å². The second kappa shape index (κ2) is 5.77. The molecule has 0 saturated heterocycles. The number of ketones is 1. The standard InChI is InChI=1S/C17H14O7/c1-8(18)23-17-15(22)14-12(21)6-11(20)7-13(14)24-16(17)9-2-4-10(19)5-3-9/h2-7,16-17,19-21H,1H3/t16?,17-/m0/s1. The maximum absolute atomic E-state index is 12.7. The van der Waals surface area contributed by atoms with Crippen LogP contribution in [0.3, 0.4) is 0 Å². The number of hydrogen-bond donors (Lipinski definition) is 3. The number of Topliss-reactive ketones (excluding diaryl/α,β-unsaturated/α-hetero) is 1. The van der Waals surface area contributed by atoms with Crippen LogP contribution in [0.15, 0.2) is 36.4 Å². The summed E-state index contributed by atoms with van der Waals surface area (Å²) in [7, 11) is 0. The van der Waals surface area contributed by atoms with Crippen LogP contribution in [0.2, 0.25) is 0 Å². The fourth-order valence-corrected chi connectivity index (χ4v) is 2.61. The first-order valence-corrected chi connectivity index (χ1v) is 7.10. The van der Waals surface area contributed by atoms with Gasteiger partial charge in [0.1, 0.15) is 28.6 Å². The molecule has 2 aromatic rings. The molecule has 0 aliphatic carbocycles. The van der Waals surface area contributed by atoms with E-state index in [1.165, 1.54) is 30.3 Å². The summed E-state index contributed by atoms with van der Waals surface area (Å²) >= 11 is 0. The molecule has 7 heteroatoms. The maximum Gasteiger partial charge on any atom is 0.303 e. The molecule has 2 aromatic carbocycles. The molecule has 3 rings (SSSR count). The Kier molecular flexibility index (Phi) is 3.76. The fourth-order valence-electron chi connectivity index (χ4n) is 2.61. The minimum absolute atomic E-state index is 0.0148. The van der Waals surface area contributed by atoms with Crippen molar-refractivity contribution in [1.29, 1.82) is 0 Å². The summed E-state index contributed by atoms with van der Waals surface area (Å²) in [5.41, 5.74) is 0.329. The molecule has 24 heavy (non-hydrogen) atoms. The van der Waals surface area contributed by atoms with E-state index in [4.69, 9.17) is 9.47 Å². The van der Waals surface area contributed by atoms with E-state index in [9.17, 15) is 24.9 Å². The first-order valence-electron chi connectivity index (χ1n) is 7.10. The molecular formula is C17H14O7. The Labute approximate surface area is 136 Å². The predicted octanol–water partition coefficient (Wildman–Crippen LogP) is 2.05. The smallest absolute Gasteiger partial charge is 0.303 e. The monoisotopic (exact) mass is 330 g/mol. The minimum atomic E-state index is -1.30. The topological polar surface area (TPSA) is 113 Å². The third-order valence-electron chi connectivity index (χ3n) is 3.61. The lowest BCUT2D eigenvalue weighted by molar-refractivity contribution is -0.148. The molecule has 0 saturated carbocycles. The molecule has 0 spiro atoms. The van der Waals surface area contributed by atoms with Gasteiger partial charge in [-0.15, -0.1) is 0 Å². The van der Waals surface area contributed by atoms with Crippen LogP contribution in [-0.2, 0) is 9.53 Å². The molecule has 1 unspecified atom stereocenters. The second-order valence-corrected chi connectivity index (χ2v) is 5.36. The average Bonchev–Trinajstić information content (AvgIpc) is 2.49. The van der Waals surface area contributed by atoms with Gasteiger partial charge >= 0.3 is 5.97 Å². The molecule has 7 nitrogen and oxygen atoms in total. The molecule has 1 aliphatic heterocycles. The summed E-state index contributed by atoms with van der Waals surface area (Å²) < 4.78 is 10.8. The van der Waals surface area contributed by atoms with Crippen LogP contribution in [0.1, 0.15) is 28.9 Å². The highest BCUT2D eigenvalue weighted by Crippen LogP contribution is 2.42. The van der Waals surface area contributed by atoms with Crippen molar-refractivity contribution in [3.63, 3.8) is 0 Å². The number of phenols is 3.